The maximum atomic E-state index is 12.3. The molecule has 25 heavy (non-hydrogen) atoms. The molecular weight excluding hydrogens is 383 g/mol. The third-order valence-corrected chi connectivity index (χ3v) is 5.31. The van der Waals surface area contributed by atoms with Gasteiger partial charge in [0.05, 0.1) is 23.7 Å². The minimum absolute atomic E-state index is 0.0221. The van der Waals surface area contributed by atoms with Crippen LogP contribution in [0.15, 0.2) is 41.3 Å². The number of rotatable bonds is 4. The quantitative estimate of drug-likeness (QED) is 0.800. The standard InChI is InChI=1S/C17H14Cl2N2O3S/c1-24-13-4-2-9(18)6-11(13)20-16(22)8-15-17(23)21-12-7-10(19)3-5-14(12)25-15/h2-7,15H,8H2,1H3,(H,20,22)(H,21,23). The Morgan fingerprint density at radius 1 is 1.24 bits per heavy atom. The zero-order valence-electron chi connectivity index (χ0n) is 13.1. The molecule has 1 aliphatic rings. The van der Waals surface area contributed by atoms with E-state index >= 15 is 0 Å². The summed E-state index contributed by atoms with van der Waals surface area (Å²) in [5.41, 5.74) is 1.13. The smallest absolute Gasteiger partial charge is 0.238 e. The van der Waals surface area contributed by atoms with E-state index in [1.54, 1.807) is 30.3 Å². The number of hydrogen-bond acceptors (Lipinski definition) is 4. The summed E-state index contributed by atoms with van der Waals surface area (Å²) in [5, 5.41) is 6.02. The monoisotopic (exact) mass is 396 g/mol. The summed E-state index contributed by atoms with van der Waals surface area (Å²) in [6.45, 7) is 0. The van der Waals surface area contributed by atoms with Gasteiger partial charge in [-0.05, 0) is 36.4 Å². The third kappa shape index (κ3) is 4.21. The molecule has 8 heteroatoms. The molecule has 0 aromatic heterocycles. The van der Waals surface area contributed by atoms with Crippen LogP contribution >= 0.6 is 35.0 Å². The number of benzene rings is 2. The van der Waals surface area contributed by atoms with Crippen molar-refractivity contribution in [3.63, 3.8) is 0 Å². The number of halogens is 2. The van der Waals surface area contributed by atoms with Crippen molar-refractivity contribution in [3.05, 3.63) is 46.4 Å². The van der Waals surface area contributed by atoms with Crippen LogP contribution in [-0.4, -0.2) is 24.2 Å². The van der Waals surface area contributed by atoms with Crippen LogP contribution in [0.3, 0.4) is 0 Å². The molecule has 2 N–H and O–H groups in total. The molecule has 2 aromatic carbocycles. The first kappa shape index (κ1) is 17.9. The highest BCUT2D eigenvalue weighted by Crippen LogP contribution is 2.38. The van der Waals surface area contributed by atoms with Gasteiger partial charge in [-0.2, -0.15) is 0 Å². The fraction of sp³-hybridized carbons (Fsp3) is 0.176. The number of nitrogens with one attached hydrogen (secondary N) is 2. The Balaban J connectivity index is 1.70. The van der Waals surface area contributed by atoms with Crippen LogP contribution in [0.25, 0.3) is 0 Å². The Kier molecular flexibility index (Phi) is 5.42. The van der Waals surface area contributed by atoms with Crippen LogP contribution in [0.4, 0.5) is 11.4 Å². The number of thioether (sulfide) groups is 1. The summed E-state index contributed by atoms with van der Waals surface area (Å²) >= 11 is 13.2. The molecule has 0 radical (unpaired) electrons. The predicted octanol–water partition coefficient (Wildman–Crippen LogP) is 4.44. The van der Waals surface area contributed by atoms with Crippen molar-refractivity contribution in [1.29, 1.82) is 0 Å². The van der Waals surface area contributed by atoms with Crippen LogP contribution in [0.2, 0.25) is 10.0 Å². The number of ether oxygens (including phenoxy) is 1. The van der Waals surface area contributed by atoms with Crippen LogP contribution in [-0.2, 0) is 9.59 Å². The van der Waals surface area contributed by atoms with Crippen molar-refractivity contribution in [2.24, 2.45) is 0 Å². The van der Waals surface area contributed by atoms with Gasteiger partial charge < -0.3 is 15.4 Å². The highest BCUT2D eigenvalue weighted by Gasteiger charge is 2.29. The first-order valence-electron chi connectivity index (χ1n) is 7.36. The van der Waals surface area contributed by atoms with Crippen molar-refractivity contribution < 1.29 is 14.3 Å². The zero-order valence-corrected chi connectivity index (χ0v) is 15.5. The average molecular weight is 397 g/mol. The lowest BCUT2D eigenvalue weighted by Crippen LogP contribution is -2.32. The maximum Gasteiger partial charge on any atom is 0.238 e. The SMILES string of the molecule is COc1ccc(Cl)cc1NC(=O)CC1Sc2ccc(Cl)cc2NC1=O. The van der Waals surface area contributed by atoms with E-state index in [4.69, 9.17) is 27.9 Å². The second-order valence-corrected chi connectivity index (χ2v) is 7.45. The molecular formula is C17H14Cl2N2O3S. The maximum absolute atomic E-state index is 12.3. The lowest BCUT2D eigenvalue weighted by atomic mass is 10.2. The van der Waals surface area contributed by atoms with Crippen LogP contribution in [0.1, 0.15) is 6.42 Å². The molecule has 1 atom stereocenters. The van der Waals surface area contributed by atoms with Crippen LogP contribution in [0.5, 0.6) is 5.75 Å². The van der Waals surface area contributed by atoms with Gasteiger partial charge in [0.1, 0.15) is 5.75 Å². The Hall–Kier alpha value is -1.89. The third-order valence-electron chi connectivity index (χ3n) is 3.57. The zero-order chi connectivity index (χ0) is 18.0. The largest absolute Gasteiger partial charge is 0.495 e. The van der Waals surface area contributed by atoms with Crippen molar-refractivity contribution in [2.75, 3.05) is 17.7 Å². The van der Waals surface area contributed by atoms with Gasteiger partial charge in [0.2, 0.25) is 11.8 Å². The average Bonchev–Trinajstić information content (AvgIpc) is 2.56. The van der Waals surface area contributed by atoms with Gasteiger partial charge in [-0.3, -0.25) is 9.59 Å². The summed E-state index contributed by atoms with van der Waals surface area (Å²) in [5.74, 6) is -0.0305. The fourth-order valence-electron chi connectivity index (χ4n) is 2.40. The second-order valence-electron chi connectivity index (χ2n) is 5.33. The van der Waals surface area contributed by atoms with Crippen molar-refractivity contribution in [3.8, 4) is 5.75 Å². The molecule has 0 saturated carbocycles. The van der Waals surface area contributed by atoms with E-state index in [0.29, 0.717) is 27.2 Å². The molecule has 0 spiro atoms. The Bertz CT molecular complexity index is 845. The molecule has 0 aliphatic carbocycles. The number of fused-ring (bicyclic) bond motifs is 1. The summed E-state index contributed by atoms with van der Waals surface area (Å²) < 4.78 is 5.20. The molecule has 0 bridgehead atoms. The van der Waals surface area contributed by atoms with Gasteiger partial charge in [0.15, 0.2) is 0 Å². The molecule has 1 aliphatic heterocycles. The van der Waals surface area contributed by atoms with E-state index in [2.05, 4.69) is 10.6 Å². The number of anilines is 2. The van der Waals surface area contributed by atoms with Crippen LogP contribution in [0, 0.1) is 0 Å². The number of carbonyl (C=O) groups excluding carboxylic acids is 2. The van der Waals surface area contributed by atoms with E-state index in [0.717, 1.165) is 4.90 Å². The van der Waals surface area contributed by atoms with Gasteiger partial charge in [0, 0.05) is 21.4 Å². The molecule has 1 heterocycles. The lowest BCUT2D eigenvalue weighted by Gasteiger charge is -2.24. The van der Waals surface area contributed by atoms with E-state index in [1.807, 2.05) is 6.07 Å². The first-order valence-corrected chi connectivity index (χ1v) is 9.00. The Morgan fingerprint density at radius 3 is 2.72 bits per heavy atom. The first-order chi connectivity index (χ1) is 12.0. The van der Waals surface area contributed by atoms with E-state index < -0.39 is 5.25 Å². The van der Waals surface area contributed by atoms with Gasteiger partial charge in [-0.25, -0.2) is 0 Å². The Morgan fingerprint density at radius 2 is 1.96 bits per heavy atom. The van der Waals surface area contributed by atoms with E-state index in [-0.39, 0.29) is 18.2 Å². The fourth-order valence-corrected chi connectivity index (χ4v) is 3.84. The number of hydrogen-bond donors (Lipinski definition) is 2. The summed E-state index contributed by atoms with van der Waals surface area (Å²) in [6, 6.07) is 10.2. The summed E-state index contributed by atoms with van der Waals surface area (Å²) in [6.07, 6.45) is 0.0221. The molecule has 2 amide bonds. The normalized spacial score (nSPS) is 16.0. The minimum atomic E-state index is -0.529. The molecule has 3 rings (SSSR count). The van der Waals surface area contributed by atoms with Gasteiger partial charge in [-0.15, -0.1) is 11.8 Å². The summed E-state index contributed by atoms with van der Waals surface area (Å²) in [7, 11) is 1.51. The molecule has 2 aromatic rings. The Labute approximate surface area is 159 Å². The van der Waals surface area contributed by atoms with Gasteiger partial charge in [0.25, 0.3) is 0 Å². The summed E-state index contributed by atoms with van der Waals surface area (Å²) in [4.78, 5) is 25.5. The molecule has 5 nitrogen and oxygen atoms in total. The number of amides is 2. The van der Waals surface area contributed by atoms with Gasteiger partial charge in [-0.1, -0.05) is 23.2 Å². The van der Waals surface area contributed by atoms with Crippen molar-refractivity contribution in [1.82, 2.24) is 0 Å². The lowest BCUT2D eigenvalue weighted by molar-refractivity contribution is -0.120. The molecule has 0 fully saturated rings. The predicted molar refractivity (Wildman–Crippen MR) is 101 cm³/mol. The van der Waals surface area contributed by atoms with E-state index in [1.165, 1.54) is 18.9 Å². The van der Waals surface area contributed by atoms with E-state index in [9.17, 15) is 9.59 Å². The highest BCUT2D eigenvalue weighted by molar-refractivity contribution is 8.01. The molecule has 0 saturated heterocycles. The minimum Gasteiger partial charge on any atom is -0.495 e. The molecule has 130 valence electrons. The highest BCUT2D eigenvalue weighted by atomic mass is 35.5. The topological polar surface area (TPSA) is 67.4 Å². The van der Waals surface area contributed by atoms with Crippen LogP contribution < -0.4 is 15.4 Å². The number of carbonyl (C=O) groups is 2. The van der Waals surface area contributed by atoms with Crippen molar-refractivity contribution in [2.45, 2.75) is 16.6 Å². The number of methoxy groups -OCH3 is 1. The second kappa shape index (κ2) is 7.56. The van der Waals surface area contributed by atoms with Crippen molar-refractivity contribution >= 4 is 58.2 Å². The van der Waals surface area contributed by atoms with Gasteiger partial charge >= 0.3 is 0 Å². The molecule has 1 unspecified atom stereocenters.